The third-order valence-electron chi connectivity index (χ3n) is 2.17. The van der Waals surface area contributed by atoms with Crippen LogP contribution in [0.15, 0.2) is 18.3 Å². The van der Waals surface area contributed by atoms with Gasteiger partial charge in [0, 0.05) is 6.42 Å². The Morgan fingerprint density at radius 1 is 1.25 bits per heavy atom. The Morgan fingerprint density at radius 2 is 1.88 bits per heavy atom. The van der Waals surface area contributed by atoms with Gasteiger partial charge in [-0.25, -0.2) is 4.39 Å². The molecule has 0 aliphatic carbocycles. The number of halogens is 4. The highest BCUT2D eigenvalue weighted by Gasteiger charge is 2.33. The minimum absolute atomic E-state index is 0.0261. The molecular weight excluding hydrogens is 226 g/mol. The van der Waals surface area contributed by atoms with Crippen LogP contribution in [0.25, 0.3) is 0 Å². The second kappa shape index (κ2) is 4.37. The maximum absolute atomic E-state index is 12.5. The summed E-state index contributed by atoms with van der Waals surface area (Å²) in [6.45, 7) is 1.22. The van der Waals surface area contributed by atoms with E-state index in [1.807, 2.05) is 0 Å². The summed E-state index contributed by atoms with van der Waals surface area (Å²) in [4.78, 5) is 3.56. The van der Waals surface area contributed by atoms with Crippen molar-refractivity contribution in [2.24, 2.45) is 0 Å². The van der Waals surface area contributed by atoms with Crippen LogP contribution in [0.4, 0.5) is 17.6 Å². The van der Waals surface area contributed by atoms with Gasteiger partial charge in [0.15, 0.2) is 0 Å². The highest BCUT2D eigenvalue weighted by molar-refractivity contribution is 5.12. The lowest BCUT2D eigenvalue weighted by atomic mass is 9.95. The molecule has 1 aromatic rings. The van der Waals surface area contributed by atoms with Crippen molar-refractivity contribution in [3.8, 4) is 0 Å². The zero-order valence-corrected chi connectivity index (χ0v) is 8.55. The van der Waals surface area contributed by atoms with Crippen molar-refractivity contribution in [1.29, 1.82) is 0 Å². The number of pyridine rings is 1. The molecule has 2 nitrogen and oxygen atoms in total. The van der Waals surface area contributed by atoms with E-state index < -0.39 is 30.4 Å². The molecule has 0 saturated heterocycles. The maximum atomic E-state index is 12.5. The molecule has 1 rings (SSSR count). The van der Waals surface area contributed by atoms with E-state index in [9.17, 15) is 22.7 Å². The highest BCUT2D eigenvalue weighted by atomic mass is 19.4. The summed E-state index contributed by atoms with van der Waals surface area (Å²) in [6, 6.07) is 2.22. The molecule has 0 saturated carbocycles. The molecule has 0 spiro atoms. The molecule has 1 unspecified atom stereocenters. The Balaban J connectivity index is 2.73. The Morgan fingerprint density at radius 3 is 2.31 bits per heavy atom. The van der Waals surface area contributed by atoms with Gasteiger partial charge in [0.05, 0.1) is 11.9 Å². The van der Waals surface area contributed by atoms with Crippen LogP contribution in [0.1, 0.15) is 25.5 Å². The smallest absolute Gasteiger partial charge is 0.384 e. The zero-order chi connectivity index (χ0) is 12.4. The molecule has 16 heavy (non-hydrogen) atoms. The summed E-state index contributed by atoms with van der Waals surface area (Å²) >= 11 is 0. The minimum atomic E-state index is -4.33. The van der Waals surface area contributed by atoms with Crippen molar-refractivity contribution in [2.75, 3.05) is 0 Å². The molecule has 1 N–H and O–H groups in total. The predicted molar refractivity (Wildman–Crippen MR) is 49.1 cm³/mol. The molecular formula is C10H11F4NO. The van der Waals surface area contributed by atoms with Gasteiger partial charge in [-0.05, 0) is 25.5 Å². The zero-order valence-electron chi connectivity index (χ0n) is 8.55. The number of aromatic nitrogens is 1. The fraction of sp³-hybridized carbons (Fsp3) is 0.500. The summed E-state index contributed by atoms with van der Waals surface area (Å²) in [5.74, 6) is -0.602. The maximum Gasteiger partial charge on any atom is 0.389 e. The fourth-order valence-electron chi connectivity index (χ4n) is 1.21. The second-order valence-electron chi connectivity index (χ2n) is 3.75. The molecule has 1 atom stereocenters. The first-order valence-corrected chi connectivity index (χ1v) is 4.62. The monoisotopic (exact) mass is 237 g/mol. The van der Waals surface area contributed by atoms with Gasteiger partial charge in [-0.2, -0.15) is 13.2 Å². The van der Waals surface area contributed by atoms with Crippen LogP contribution in [-0.2, 0) is 5.60 Å². The van der Waals surface area contributed by atoms with Crippen LogP contribution in [-0.4, -0.2) is 16.3 Å². The summed E-state index contributed by atoms with van der Waals surface area (Å²) < 4.78 is 48.4. The van der Waals surface area contributed by atoms with E-state index in [0.29, 0.717) is 0 Å². The molecule has 0 fully saturated rings. The Labute approximate surface area is 89.9 Å². The van der Waals surface area contributed by atoms with Gasteiger partial charge in [-0.3, -0.25) is 4.98 Å². The van der Waals surface area contributed by atoms with Crippen molar-refractivity contribution in [1.82, 2.24) is 4.98 Å². The van der Waals surface area contributed by atoms with Gasteiger partial charge in [-0.1, -0.05) is 0 Å². The molecule has 0 aliphatic rings. The van der Waals surface area contributed by atoms with E-state index in [1.54, 1.807) is 0 Å². The van der Waals surface area contributed by atoms with Gasteiger partial charge in [-0.15, -0.1) is 0 Å². The van der Waals surface area contributed by atoms with E-state index in [4.69, 9.17) is 0 Å². The average molecular weight is 237 g/mol. The molecule has 1 aromatic heterocycles. The van der Waals surface area contributed by atoms with Gasteiger partial charge < -0.3 is 5.11 Å². The Hall–Kier alpha value is -1.17. The summed E-state index contributed by atoms with van der Waals surface area (Å²) in [7, 11) is 0. The quantitative estimate of drug-likeness (QED) is 0.820. The number of hydrogen-bond donors (Lipinski definition) is 1. The predicted octanol–water partition coefficient (Wildman–Crippen LogP) is 2.77. The number of hydrogen-bond acceptors (Lipinski definition) is 2. The van der Waals surface area contributed by atoms with Gasteiger partial charge in [0.25, 0.3) is 0 Å². The van der Waals surface area contributed by atoms with E-state index >= 15 is 0 Å². The normalized spacial score (nSPS) is 15.9. The van der Waals surface area contributed by atoms with E-state index in [0.717, 1.165) is 12.3 Å². The molecule has 90 valence electrons. The third kappa shape index (κ3) is 3.77. The molecule has 6 heteroatoms. The average Bonchev–Trinajstić information content (AvgIpc) is 2.15. The van der Waals surface area contributed by atoms with Gasteiger partial charge >= 0.3 is 6.18 Å². The van der Waals surface area contributed by atoms with Crippen LogP contribution < -0.4 is 0 Å². The topological polar surface area (TPSA) is 33.1 Å². The van der Waals surface area contributed by atoms with Crippen molar-refractivity contribution in [3.05, 3.63) is 29.8 Å². The van der Waals surface area contributed by atoms with Crippen molar-refractivity contribution in [2.45, 2.75) is 31.5 Å². The van der Waals surface area contributed by atoms with Crippen molar-refractivity contribution in [3.63, 3.8) is 0 Å². The van der Waals surface area contributed by atoms with E-state index in [2.05, 4.69) is 4.98 Å². The van der Waals surface area contributed by atoms with Gasteiger partial charge in [0.2, 0.25) is 0 Å². The lowest BCUT2D eigenvalue weighted by molar-refractivity contribution is -0.146. The first-order valence-electron chi connectivity index (χ1n) is 4.62. The van der Waals surface area contributed by atoms with Crippen LogP contribution in [0.2, 0.25) is 0 Å². The molecule has 0 aromatic carbocycles. The van der Waals surface area contributed by atoms with Crippen LogP contribution in [0.3, 0.4) is 0 Å². The second-order valence-corrected chi connectivity index (χ2v) is 3.75. The number of nitrogens with zero attached hydrogens (tertiary/aromatic N) is 1. The van der Waals surface area contributed by atoms with Crippen molar-refractivity contribution >= 4 is 0 Å². The first kappa shape index (κ1) is 12.9. The lowest BCUT2D eigenvalue weighted by Crippen LogP contribution is -2.25. The molecule has 0 radical (unpaired) electrons. The summed E-state index contributed by atoms with van der Waals surface area (Å²) in [5, 5.41) is 9.76. The molecule has 0 aliphatic heterocycles. The van der Waals surface area contributed by atoms with Crippen LogP contribution >= 0.6 is 0 Å². The Bertz CT molecular complexity index is 345. The first-order chi connectivity index (χ1) is 7.21. The standard InChI is InChI=1S/C10H11F4NO/c1-9(16,4-5-10(12,13)14)8-3-2-7(11)6-15-8/h2-3,6,16H,4-5H2,1H3. The van der Waals surface area contributed by atoms with Gasteiger partial charge in [0.1, 0.15) is 11.4 Å². The molecule has 0 amide bonds. The number of aliphatic hydroxyl groups is 1. The summed E-state index contributed by atoms with van der Waals surface area (Å²) in [5.41, 5.74) is -1.68. The summed E-state index contributed by atoms with van der Waals surface area (Å²) in [6.07, 6.45) is -5.09. The minimum Gasteiger partial charge on any atom is -0.384 e. The van der Waals surface area contributed by atoms with E-state index in [1.165, 1.54) is 13.0 Å². The Kier molecular flexibility index (Phi) is 3.52. The van der Waals surface area contributed by atoms with Crippen LogP contribution in [0.5, 0.6) is 0 Å². The number of alkyl halides is 3. The molecule has 1 heterocycles. The SMILES string of the molecule is CC(O)(CCC(F)(F)F)c1ccc(F)cn1. The number of rotatable bonds is 3. The third-order valence-corrected chi connectivity index (χ3v) is 2.17. The van der Waals surface area contributed by atoms with Crippen molar-refractivity contribution < 1.29 is 22.7 Å². The lowest BCUT2D eigenvalue weighted by Gasteiger charge is -2.23. The van der Waals surface area contributed by atoms with E-state index in [-0.39, 0.29) is 5.69 Å². The van der Waals surface area contributed by atoms with Crippen LogP contribution in [0, 0.1) is 5.82 Å². The molecule has 0 bridgehead atoms. The largest absolute Gasteiger partial charge is 0.389 e. The highest BCUT2D eigenvalue weighted by Crippen LogP contribution is 2.30. The fourth-order valence-corrected chi connectivity index (χ4v) is 1.21.